The first-order chi connectivity index (χ1) is 9.33. The van der Waals surface area contributed by atoms with Crippen molar-refractivity contribution in [2.75, 3.05) is 0 Å². The summed E-state index contributed by atoms with van der Waals surface area (Å²) in [5.74, 6) is 1.49. The van der Waals surface area contributed by atoms with E-state index >= 15 is 0 Å². The molecule has 0 saturated heterocycles. The summed E-state index contributed by atoms with van der Waals surface area (Å²) < 4.78 is 7.29. The van der Waals surface area contributed by atoms with Crippen LogP contribution in [-0.4, -0.2) is 20.7 Å². The van der Waals surface area contributed by atoms with Gasteiger partial charge in [0, 0.05) is 31.4 Å². The minimum absolute atomic E-state index is 0.677. The summed E-state index contributed by atoms with van der Waals surface area (Å²) in [6, 6.07) is 2.89. The van der Waals surface area contributed by atoms with Gasteiger partial charge >= 0.3 is 0 Å². The molecular formula is C14H20N4O. The molecular weight excluding hydrogens is 240 g/mol. The van der Waals surface area contributed by atoms with E-state index in [1.165, 1.54) is 18.4 Å². The van der Waals surface area contributed by atoms with Crippen LogP contribution in [0.2, 0.25) is 0 Å². The minimum atomic E-state index is 0.677. The smallest absolute Gasteiger partial charge is 0.226 e. The van der Waals surface area contributed by atoms with Crippen LogP contribution in [0.25, 0.3) is 0 Å². The van der Waals surface area contributed by atoms with Gasteiger partial charge in [0.1, 0.15) is 0 Å². The van der Waals surface area contributed by atoms with Crippen molar-refractivity contribution < 1.29 is 4.52 Å². The van der Waals surface area contributed by atoms with E-state index in [4.69, 9.17) is 4.52 Å². The highest BCUT2D eigenvalue weighted by Gasteiger charge is 2.20. The van der Waals surface area contributed by atoms with Gasteiger partial charge in [-0.1, -0.05) is 12.1 Å². The second kappa shape index (κ2) is 5.57. The number of hydrogen-bond donors (Lipinski definition) is 1. The Morgan fingerprint density at radius 1 is 1.47 bits per heavy atom. The molecule has 0 radical (unpaired) electrons. The maximum Gasteiger partial charge on any atom is 0.226 e. The average Bonchev–Trinajstić information content (AvgIpc) is 2.97. The van der Waals surface area contributed by atoms with Gasteiger partial charge in [0.25, 0.3) is 0 Å². The maximum absolute atomic E-state index is 5.18. The summed E-state index contributed by atoms with van der Waals surface area (Å²) in [5, 5.41) is 7.51. The van der Waals surface area contributed by atoms with Crippen LogP contribution in [0.4, 0.5) is 0 Å². The molecule has 0 aromatic carbocycles. The average molecular weight is 260 g/mol. The fraction of sp³-hybridized carbons (Fsp3) is 0.571. The molecule has 0 amide bonds. The Bertz CT molecular complexity index is 527. The van der Waals surface area contributed by atoms with Gasteiger partial charge < -0.3 is 14.4 Å². The largest absolute Gasteiger partial charge is 0.346 e. The Labute approximate surface area is 113 Å². The fourth-order valence-electron chi connectivity index (χ4n) is 2.08. The lowest BCUT2D eigenvalue weighted by molar-refractivity contribution is 0.371. The van der Waals surface area contributed by atoms with Crippen molar-refractivity contribution in [2.45, 2.75) is 51.7 Å². The molecule has 102 valence electrons. The summed E-state index contributed by atoms with van der Waals surface area (Å²) in [6.45, 7) is 3.73. The maximum atomic E-state index is 5.18. The van der Waals surface area contributed by atoms with Crippen molar-refractivity contribution in [3.63, 3.8) is 0 Å². The van der Waals surface area contributed by atoms with Gasteiger partial charge in [0.15, 0.2) is 5.82 Å². The van der Waals surface area contributed by atoms with Gasteiger partial charge in [-0.2, -0.15) is 4.98 Å². The molecule has 0 aliphatic heterocycles. The molecule has 1 N–H and O–H groups in total. The fourth-order valence-corrected chi connectivity index (χ4v) is 2.08. The second-order valence-corrected chi connectivity index (χ2v) is 5.20. The monoisotopic (exact) mass is 260 g/mol. The van der Waals surface area contributed by atoms with Crippen LogP contribution in [0.1, 0.15) is 43.5 Å². The van der Waals surface area contributed by atoms with Crippen LogP contribution >= 0.6 is 0 Å². The van der Waals surface area contributed by atoms with Crippen molar-refractivity contribution in [3.05, 3.63) is 35.7 Å². The third-order valence-electron chi connectivity index (χ3n) is 3.28. The SMILES string of the molecule is CCCc1nc(Cn2ccc(CNC3CC3)c2)no1. The van der Waals surface area contributed by atoms with Crippen molar-refractivity contribution in [2.24, 2.45) is 0 Å². The summed E-state index contributed by atoms with van der Waals surface area (Å²) in [7, 11) is 0. The Balaban J connectivity index is 1.55. The van der Waals surface area contributed by atoms with E-state index in [1.54, 1.807) is 0 Å². The van der Waals surface area contributed by atoms with E-state index in [-0.39, 0.29) is 0 Å². The van der Waals surface area contributed by atoms with Gasteiger partial charge in [0.05, 0.1) is 6.54 Å². The first-order valence-electron chi connectivity index (χ1n) is 7.03. The van der Waals surface area contributed by atoms with Crippen LogP contribution in [0.15, 0.2) is 23.0 Å². The van der Waals surface area contributed by atoms with E-state index in [2.05, 4.69) is 45.4 Å². The Morgan fingerprint density at radius 2 is 2.37 bits per heavy atom. The quantitative estimate of drug-likeness (QED) is 0.828. The van der Waals surface area contributed by atoms with E-state index < -0.39 is 0 Å². The molecule has 2 aromatic rings. The molecule has 2 aromatic heterocycles. The van der Waals surface area contributed by atoms with Crippen LogP contribution < -0.4 is 5.32 Å². The molecule has 1 aliphatic carbocycles. The number of rotatable bonds is 7. The number of nitrogens with zero attached hydrogens (tertiary/aromatic N) is 3. The van der Waals surface area contributed by atoms with E-state index in [0.717, 1.165) is 37.1 Å². The highest BCUT2D eigenvalue weighted by molar-refractivity contribution is 5.11. The summed E-state index contributed by atoms with van der Waals surface area (Å²) in [4.78, 5) is 4.37. The zero-order valence-electron chi connectivity index (χ0n) is 11.3. The van der Waals surface area contributed by atoms with Crippen LogP contribution in [-0.2, 0) is 19.5 Å². The molecule has 19 heavy (non-hydrogen) atoms. The third-order valence-corrected chi connectivity index (χ3v) is 3.28. The predicted molar refractivity (Wildman–Crippen MR) is 71.7 cm³/mol. The lowest BCUT2D eigenvalue weighted by atomic mass is 10.3. The van der Waals surface area contributed by atoms with E-state index in [9.17, 15) is 0 Å². The van der Waals surface area contributed by atoms with E-state index in [1.807, 2.05) is 0 Å². The molecule has 1 fully saturated rings. The first-order valence-corrected chi connectivity index (χ1v) is 7.03. The number of hydrogen-bond acceptors (Lipinski definition) is 4. The Morgan fingerprint density at radius 3 is 3.16 bits per heavy atom. The standard InChI is InChI=1S/C14H20N4O/c1-2-3-14-16-13(17-19-14)10-18-7-6-11(9-18)8-15-12-4-5-12/h6-7,9,12,15H,2-5,8,10H2,1H3. The van der Waals surface area contributed by atoms with Crippen molar-refractivity contribution in [1.29, 1.82) is 0 Å². The van der Waals surface area contributed by atoms with Crippen molar-refractivity contribution in [1.82, 2.24) is 20.0 Å². The summed E-state index contributed by atoms with van der Waals surface area (Å²) in [5.41, 5.74) is 1.31. The molecule has 0 spiro atoms. The molecule has 0 bridgehead atoms. The zero-order chi connectivity index (χ0) is 13.1. The molecule has 0 unspecified atom stereocenters. The molecule has 2 heterocycles. The van der Waals surface area contributed by atoms with Crippen molar-refractivity contribution in [3.8, 4) is 0 Å². The molecule has 5 heteroatoms. The van der Waals surface area contributed by atoms with Gasteiger partial charge in [-0.15, -0.1) is 0 Å². The molecule has 1 saturated carbocycles. The second-order valence-electron chi connectivity index (χ2n) is 5.20. The van der Waals surface area contributed by atoms with Crippen LogP contribution in [0.5, 0.6) is 0 Å². The highest BCUT2D eigenvalue weighted by atomic mass is 16.5. The van der Waals surface area contributed by atoms with Crippen molar-refractivity contribution >= 4 is 0 Å². The number of aromatic nitrogens is 3. The summed E-state index contributed by atoms with van der Waals surface area (Å²) >= 11 is 0. The van der Waals surface area contributed by atoms with Crippen LogP contribution in [0.3, 0.4) is 0 Å². The van der Waals surface area contributed by atoms with Crippen LogP contribution in [0, 0.1) is 0 Å². The lowest BCUT2D eigenvalue weighted by Crippen LogP contribution is -2.14. The minimum Gasteiger partial charge on any atom is -0.346 e. The number of nitrogens with one attached hydrogen (secondary N) is 1. The zero-order valence-corrected chi connectivity index (χ0v) is 11.3. The normalized spacial score (nSPS) is 15.0. The summed E-state index contributed by atoms with van der Waals surface area (Å²) in [6.07, 6.45) is 8.75. The molecule has 1 aliphatic rings. The van der Waals surface area contributed by atoms with E-state index in [0.29, 0.717) is 6.54 Å². The Hall–Kier alpha value is -1.62. The molecule has 5 nitrogen and oxygen atoms in total. The van der Waals surface area contributed by atoms with Gasteiger partial charge in [-0.25, -0.2) is 0 Å². The lowest BCUT2D eigenvalue weighted by Gasteiger charge is -1.99. The number of aryl methyl sites for hydroxylation is 1. The third kappa shape index (κ3) is 3.44. The topological polar surface area (TPSA) is 55.9 Å². The first kappa shape index (κ1) is 12.4. The Kier molecular flexibility index (Phi) is 3.64. The predicted octanol–water partition coefficient (Wildman–Crippen LogP) is 2.12. The van der Waals surface area contributed by atoms with Gasteiger partial charge in [0.2, 0.25) is 5.89 Å². The van der Waals surface area contributed by atoms with Gasteiger partial charge in [-0.3, -0.25) is 0 Å². The molecule has 0 atom stereocenters. The highest BCUT2D eigenvalue weighted by Crippen LogP contribution is 2.19. The molecule has 3 rings (SSSR count). The van der Waals surface area contributed by atoms with Gasteiger partial charge in [-0.05, 0) is 30.9 Å².